The van der Waals surface area contributed by atoms with Crippen molar-refractivity contribution < 1.29 is 9.59 Å². The highest BCUT2D eigenvalue weighted by molar-refractivity contribution is 6.83. The van der Waals surface area contributed by atoms with Crippen molar-refractivity contribution in [3.8, 4) is 0 Å². The normalized spacial score (nSPS) is 33.1. The van der Waals surface area contributed by atoms with Crippen molar-refractivity contribution in [1.82, 2.24) is 0 Å². The van der Waals surface area contributed by atoms with E-state index in [1.807, 2.05) is 26.2 Å². The van der Waals surface area contributed by atoms with Gasteiger partial charge in [0, 0.05) is 0 Å². The lowest BCUT2D eigenvalue weighted by Crippen LogP contribution is -2.56. The number of rotatable bonds is 4. The molecule has 2 aromatic rings. The lowest BCUT2D eigenvalue weighted by Gasteiger charge is -2.63. The number of hydrogen-bond acceptors (Lipinski definition) is 2. The lowest BCUT2D eigenvalue weighted by atomic mass is 9.42. The van der Waals surface area contributed by atoms with Crippen LogP contribution in [0, 0.1) is 11.8 Å². The van der Waals surface area contributed by atoms with Gasteiger partial charge >= 0.3 is 0 Å². The van der Waals surface area contributed by atoms with E-state index >= 15 is 0 Å². The summed E-state index contributed by atoms with van der Waals surface area (Å²) in [6.45, 7) is 8.01. The number of hydrogen-bond donors (Lipinski definition) is 2. The third kappa shape index (κ3) is 3.36. The summed E-state index contributed by atoms with van der Waals surface area (Å²) in [6, 6.07) is 18.2. The van der Waals surface area contributed by atoms with Crippen LogP contribution in [-0.2, 0) is 10.8 Å². The Bertz CT molecular complexity index is 845. The molecule has 4 fully saturated rings. The standard InChI is InChI=1S/C26H36O2Si2/c1-29(2,27)23-9-5-21(6-10-23)25-14-19-13-20(15-25)17-26(16-19,18-25)22-7-11-24(12-8-22)30(3,4)28/h5-12,19-20,27-28H,13-18H2,1-4H3. The minimum atomic E-state index is -2.25. The van der Waals surface area contributed by atoms with Crippen LogP contribution in [0.2, 0.25) is 26.2 Å². The molecule has 6 rings (SSSR count). The summed E-state index contributed by atoms with van der Waals surface area (Å²) in [5.74, 6) is 1.66. The van der Waals surface area contributed by atoms with E-state index < -0.39 is 16.6 Å². The van der Waals surface area contributed by atoms with E-state index in [0.717, 1.165) is 22.2 Å². The third-order valence-corrected chi connectivity index (χ3v) is 12.0. The zero-order valence-corrected chi connectivity index (χ0v) is 20.9. The zero-order chi connectivity index (χ0) is 21.4. The summed E-state index contributed by atoms with van der Waals surface area (Å²) >= 11 is 0. The third-order valence-electron chi connectivity index (χ3n) is 8.47. The van der Waals surface area contributed by atoms with E-state index in [-0.39, 0.29) is 0 Å². The van der Waals surface area contributed by atoms with Gasteiger partial charge in [0.2, 0.25) is 16.6 Å². The average Bonchev–Trinajstić information content (AvgIpc) is 2.66. The van der Waals surface area contributed by atoms with Crippen LogP contribution in [-0.4, -0.2) is 26.2 Å². The summed E-state index contributed by atoms with van der Waals surface area (Å²) in [5, 5.41) is 2.27. The predicted octanol–water partition coefficient (Wildman–Crippen LogP) is 4.29. The van der Waals surface area contributed by atoms with Crippen LogP contribution in [0.25, 0.3) is 0 Å². The van der Waals surface area contributed by atoms with E-state index in [1.165, 1.54) is 49.7 Å². The van der Waals surface area contributed by atoms with Crippen LogP contribution in [0.4, 0.5) is 0 Å². The van der Waals surface area contributed by atoms with E-state index in [1.54, 1.807) is 0 Å². The first-order valence-corrected chi connectivity index (χ1v) is 17.6. The molecule has 0 radical (unpaired) electrons. The quantitative estimate of drug-likeness (QED) is 0.702. The Morgan fingerprint density at radius 2 is 0.967 bits per heavy atom. The molecular weight excluding hydrogens is 400 g/mol. The summed E-state index contributed by atoms with van der Waals surface area (Å²) in [7, 11) is -4.50. The van der Waals surface area contributed by atoms with Crippen LogP contribution in [0.3, 0.4) is 0 Å². The van der Waals surface area contributed by atoms with Crippen molar-refractivity contribution in [2.45, 2.75) is 75.5 Å². The maximum absolute atomic E-state index is 10.5. The van der Waals surface area contributed by atoms with Crippen molar-refractivity contribution in [3.63, 3.8) is 0 Å². The molecule has 0 amide bonds. The minimum Gasteiger partial charge on any atom is -0.428 e. The van der Waals surface area contributed by atoms with Gasteiger partial charge in [0.25, 0.3) is 0 Å². The summed E-state index contributed by atoms with van der Waals surface area (Å²) < 4.78 is 0. The Kier molecular flexibility index (Phi) is 4.58. The van der Waals surface area contributed by atoms with Gasteiger partial charge in [0.05, 0.1) is 0 Å². The van der Waals surface area contributed by atoms with Gasteiger partial charge in [-0.15, -0.1) is 0 Å². The van der Waals surface area contributed by atoms with Crippen LogP contribution in [0.5, 0.6) is 0 Å². The second-order valence-electron chi connectivity index (χ2n) is 11.8. The predicted molar refractivity (Wildman–Crippen MR) is 130 cm³/mol. The van der Waals surface area contributed by atoms with Gasteiger partial charge in [-0.05, 0) is 109 Å². The molecular formula is C26H36O2Si2. The smallest absolute Gasteiger partial charge is 0.213 e. The molecule has 4 aliphatic rings. The molecule has 0 spiro atoms. The van der Waals surface area contributed by atoms with Crippen molar-refractivity contribution in [3.05, 3.63) is 59.7 Å². The maximum atomic E-state index is 10.5. The SMILES string of the molecule is C[Si](C)(O)c1ccc(C23CC4CC(C2)CC(c2ccc([Si](C)(C)O)cc2)(C4)C3)cc1. The number of benzene rings is 2. The Labute approximate surface area is 183 Å². The molecule has 0 atom stereocenters. The van der Waals surface area contributed by atoms with Crippen LogP contribution >= 0.6 is 0 Å². The first-order chi connectivity index (χ1) is 14.0. The molecule has 2 nitrogen and oxygen atoms in total. The van der Waals surface area contributed by atoms with Crippen LogP contribution in [0.1, 0.15) is 49.7 Å². The molecule has 0 heterocycles. The molecule has 30 heavy (non-hydrogen) atoms. The van der Waals surface area contributed by atoms with Crippen molar-refractivity contribution in [1.29, 1.82) is 0 Å². The monoisotopic (exact) mass is 436 g/mol. The second kappa shape index (κ2) is 6.65. The fourth-order valence-electron chi connectivity index (χ4n) is 7.40. The van der Waals surface area contributed by atoms with Gasteiger partial charge in [0.1, 0.15) is 0 Å². The molecule has 4 saturated carbocycles. The fraction of sp³-hybridized carbons (Fsp3) is 0.538. The maximum Gasteiger partial charge on any atom is 0.213 e. The molecule has 4 bridgehead atoms. The van der Waals surface area contributed by atoms with Crippen molar-refractivity contribution >= 4 is 27.0 Å². The topological polar surface area (TPSA) is 40.5 Å². The fourth-order valence-corrected chi connectivity index (χ4v) is 9.37. The Morgan fingerprint density at radius 3 is 1.27 bits per heavy atom. The first kappa shape index (κ1) is 20.7. The zero-order valence-electron chi connectivity index (χ0n) is 18.9. The lowest BCUT2D eigenvalue weighted by molar-refractivity contribution is -0.0281. The highest BCUT2D eigenvalue weighted by Crippen LogP contribution is 2.66. The Balaban J connectivity index is 1.51. The van der Waals surface area contributed by atoms with E-state index in [2.05, 4.69) is 48.5 Å². The van der Waals surface area contributed by atoms with Gasteiger partial charge in [0.15, 0.2) is 0 Å². The Morgan fingerprint density at radius 1 is 0.633 bits per heavy atom. The molecule has 2 N–H and O–H groups in total. The molecule has 0 saturated heterocycles. The second-order valence-corrected chi connectivity index (χ2v) is 19.2. The highest BCUT2D eigenvalue weighted by Gasteiger charge is 2.58. The van der Waals surface area contributed by atoms with E-state index in [4.69, 9.17) is 0 Å². The van der Waals surface area contributed by atoms with Crippen LogP contribution < -0.4 is 10.4 Å². The van der Waals surface area contributed by atoms with Gasteiger partial charge in [-0.1, -0.05) is 48.5 Å². The first-order valence-electron chi connectivity index (χ1n) is 11.7. The summed E-state index contributed by atoms with van der Waals surface area (Å²) in [4.78, 5) is 21.0. The molecule has 160 valence electrons. The van der Waals surface area contributed by atoms with Gasteiger partial charge in [-0.3, -0.25) is 0 Å². The summed E-state index contributed by atoms with van der Waals surface area (Å²) in [6.07, 6.45) is 8.00. The molecule has 0 unspecified atom stereocenters. The molecule has 0 aliphatic heterocycles. The van der Waals surface area contributed by atoms with Gasteiger partial charge < -0.3 is 9.59 Å². The van der Waals surface area contributed by atoms with Gasteiger partial charge in [-0.25, -0.2) is 0 Å². The average molecular weight is 437 g/mol. The summed E-state index contributed by atoms with van der Waals surface area (Å²) in [5.41, 5.74) is 3.60. The van der Waals surface area contributed by atoms with Crippen molar-refractivity contribution in [2.75, 3.05) is 0 Å². The van der Waals surface area contributed by atoms with E-state index in [0.29, 0.717) is 10.8 Å². The highest BCUT2D eigenvalue weighted by atomic mass is 28.4. The Hall–Kier alpha value is -1.21. The van der Waals surface area contributed by atoms with Gasteiger partial charge in [-0.2, -0.15) is 0 Å². The molecule has 4 aliphatic carbocycles. The molecule has 2 aromatic carbocycles. The van der Waals surface area contributed by atoms with Crippen LogP contribution in [0.15, 0.2) is 48.5 Å². The molecule has 0 aromatic heterocycles. The van der Waals surface area contributed by atoms with E-state index in [9.17, 15) is 9.59 Å². The largest absolute Gasteiger partial charge is 0.428 e. The minimum absolute atomic E-state index is 0.299. The molecule has 4 heteroatoms. The van der Waals surface area contributed by atoms with Crippen molar-refractivity contribution in [2.24, 2.45) is 11.8 Å².